The van der Waals surface area contributed by atoms with Crippen LogP contribution in [0.2, 0.25) is 0 Å². The van der Waals surface area contributed by atoms with Gasteiger partial charge in [0.15, 0.2) is 0 Å². The minimum absolute atomic E-state index is 0.127. The van der Waals surface area contributed by atoms with Crippen LogP contribution in [0.4, 0.5) is 10.1 Å². The van der Waals surface area contributed by atoms with Crippen LogP contribution in [0.5, 0.6) is 0 Å². The molecule has 6 nitrogen and oxygen atoms in total. The summed E-state index contributed by atoms with van der Waals surface area (Å²) in [7, 11) is -3.90. The van der Waals surface area contributed by atoms with Crippen molar-refractivity contribution < 1.29 is 17.6 Å². The van der Waals surface area contributed by atoms with E-state index in [0.29, 0.717) is 41.2 Å². The highest BCUT2D eigenvalue weighted by atomic mass is 79.9. The molecule has 1 aromatic heterocycles. The van der Waals surface area contributed by atoms with Crippen LogP contribution in [-0.4, -0.2) is 45.4 Å². The van der Waals surface area contributed by atoms with E-state index in [9.17, 15) is 17.6 Å². The van der Waals surface area contributed by atoms with Gasteiger partial charge < -0.3 is 9.80 Å². The molecule has 32 heavy (non-hydrogen) atoms. The number of sulfonamides is 1. The lowest BCUT2D eigenvalue weighted by atomic mass is 10.1. The molecule has 1 fully saturated rings. The van der Waals surface area contributed by atoms with Crippen molar-refractivity contribution in [2.24, 2.45) is 0 Å². The second-order valence-corrected chi connectivity index (χ2v) is 11.7. The van der Waals surface area contributed by atoms with Crippen LogP contribution in [0.3, 0.4) is 0 Å². The van der Waals surface area contributed by atoms with Crippen LogP contribution in [0, 0.1) is 5.82 Å². The van der Waals surface area contributed by atoms with Crippen molar-refractivity contribution in [1.29, 1.82) is 0 Å². The van der Waals surface area contributed by atoms with Crippen molar-refractivity contribution >= 4 is 48.9 Å². The summed E-state index contributed by atoms with van der Waals surface area (Å²) in [6, 6.07) is 17.4. The highest BCUT2D eigenvalue weighted by molar-refractivity contribution is 9.11. The third kappa shape index (κ3) is 5.03. The van der Waals surface area contributed by atoms with Gasteiger partial charge in [0.05, 0.1) is 9.47 Å². The minimum atomic E-state index is -3.90. The zero-order chi connectivity index (χ0) is 22.7. The molecule has 1 saturated heterocycles. The number of carbonyl (C=O) groups excluding carboxylic acids is 1. The van der Waals surface area contributed by atoms with E-state index in [1.54, 1.807) is 53.4 Å². The molecule has 1 amide bonds. The molecule has 0 bridgehead atoms. The van der Waals surface area contributed by atoms with Crippen LogP contribution >= 0.6 is 27.3 Å². The summed E-state index contributed by atoms with van der Waals surface area (Å²) < 4.78 is 43.4. The number of nitrogens with one attached hydrogen (secondary N) is 1. The fraction of sp³-hybridized carbons (Fsp3) is 0.227. The molecule has 2 aromatic carbocycles. The predicted molar refractivity (Wildman–Crippen MR) is 127 cm³/mol. The molecular formula is C22H21BrFN3O3S2. The van der Waals surface area contributed by atoms with Gasteiger partial charge in [0.25, 0.3) is 10.0 Å². The van der Waals surface area contributed by atoms with Gasteiger partial charge in [-0.1, -0.05) is 42.5 Å². The van der Waals surface area contributed by atoms with Crippen molar-refractivity contribution in [1.82, 2.24) is 9.62 Å². The fourth-order valence-corrected chi connectivity index (χ4v) is 6.82. The molecule has 1 aliphatic heterocycles. The van der Waals surface area contributed by atoms with E-state index in [1.165, 1.54) is 12.1 Å². The van der Waals surface area contributed by atoms with Gasteiger partial charge in [-0.15, -0.1) is 11.3 Å². The molecule has 1 aliphatic rings. The van der Waals surface area contributed by atoms with Crippen LogP contribution in [-0.2, 0) is 14.8 Å². The van der Waals surface area contributed by atoms with Crippen molar-refractivity contribution in [3.63, 3.8) is 0 Å². The zero-order valence-electron chi connectivity index (χ0n) is 16.9. The van der Waals surface area contributed by atoms with Crippen molar-refractivity contribution in [3.05, 3.63) is 81.9 Å². The zero-order valence-corrected chi connectivity index (χ0v) is 20.2. The fourth-order valence-electron chi connectivity index (χ4n) is 3.62. The maximum absolute atomic E-state index is 14.1. The van der Waals surface area contributed by atoms with E-state index < -0.39 is 16.1 Å². The second kappa shape index (κ2) is 9.70. The van der Waals surface area contributed by atoms with Gasteiger partial charge in [0.1, 0.15) is 16.1 Å². The van der Waals surface area contributed by atoms with Gasteiger partial charge in [-0.25, -0.2) is 12.8 Å². The Bertz CT molecular complexity index is 1200. The number of carbonyl (C=O) groups is 1. The first-order valence-corrected chi connectivity index (χ1v) is 13.1. The maximum atomic E-state index is 14.1. The smallest absolute Gasteiger partial charge is 0.251 e. The Kier molecular flexibility index (Phi) is 6.94. The Morgan fingerprint density at radius 2 is 1.62 bits per heavy atom. The standard InChI is InChI=1S/C22H21BrFN3O3S2/c23-19-10-11-20(31-19)32(29,30)25-21(16-6-2-1-3-7-16)22(28)27-14-12-26(13-15-27)18-9-5-4-8-17(18)24/h1-11,21,25H,12-15H2. The van der Waals surface area contributed by atoms with Gasteiger partial charge in [-0.3, -0.25) is 4.79 Å². The van der Waals surface area contributed by atoms with Crippen LogP contribution in [0.15, 0.2) is 74.7 Å². The average molecular weight is 538 g/mol. The Balaban J connectivity index is 1.53. The Hall–Kier alpha value is -2.27. The van der Waals surface area contributed by atoms with Crippen molar-refractivity contribution in [2.45, 2.75) is 10.3 Å². The Labute approximate surface area is 198 Å². The molecule has 1 unspecified atom stereocenters. The topological polar surface area (TPSA) is 69.7 Å². The molecule has 0 spiro atoms. The Morgan fingerprint density at radius 3 is 2.25 bits per heavy atom. The van der Waals surface area contributed by atoms with Crippen molar-refractivity contribution in [3.8, 4) is 0 Å². The molecule has 0 saturated carbocycles. The summed E-state index contributed by atoms with van der Waals surface area (Å²) >= 11 is 4.35. The summed E-state index contributed by atoms with van der Waals surface area (Å²) in [6.07, 6.45) is 0. The summed E-state index contributed by atoms with van der Waals surface area (Å²) in [5.74, 6) is -0.632. The van der Waals surface area contributed by atoms with Crippen molar-refractivity contribution in [2.75, 3.05) is 31.1 Å². The molecule has 0 radical (unpaired) electrons. The van der Waals surface area contributed by atoms with Crippen LogP contribution in [0.25, 0.3) is 0 Å². The summed E-state index contributed by atoms with van der Waals surface area (Å²) in [5.41, 5.74) is 1.07. The van der Waals surface area contributed by atoms with E-state index in [0.717, 1.165) is 11.3 Å². The molecule has 1 N–H and O–H groups in total. The first kappa shape index (κ1) is 22.9. The van der Waals surface area contributed by atoms with E-state index in [1.807, 2.05) is 11.0 Å². The number of benzene rings is 2. The minimum Gasteiger partial charge on any atom is -0.366 e. The van der Waals surface area contributed by atoms with Crippen LogP contribution in [0.1, 0.15) is 11.6 Å². The number of nitrogens with zero attached hydrogens (tertiary/aromatic N) is 2. The molecule has 2 heterocycles. The van der Waals surface area contributed by atoms with Gasteiger partial charge in [-0.2, -0.15) is 4.72 Å². The molecule has 4 rings (SSSR count). The van der Waals surface area contributed by atoms with Gasteiger partial charge >= 0.3 is 0 Å². The number of amides is 1. The molecule has 0 aliphatic carbocycles. The number of rotatable bonds is 6. The lowest BCUT2D eigenvalue weighted by Gasteiger charge is -2.37. The largest absolute Gasteiger partial charge is 0.366 e. The third-order valence-corrected chi connectivity index (χ3v) is 8.79. The number of para-hydroxylation sites is 1. The van der Waals surface area contributed by atoms with E-state index in [2.05, 4.69) is 20.7 Å². The summed E-state index contributed by atoms with van der Waals surface area (Å²) in [6.45, 7) is 1.64. The highest BCUT2D eigenvalue weighted by Crippen LogP contribution is 2.28. The number of anilines is 1. The van der Waals surface area contributed by atoms with Gasteiger partial charge in [0, 0.05) is 26.2 Å². The van der Waals surface area contributed by atoms with E-state index >= 15 is 0 Å². The second-order valence-electron chi connectivity index (χ2n) is 7.29. The average Bonchev–Trinajstić information content (AvgIpc) is 3.25. The number of piperazine rings is 1. The van der Waals surface area contributed by atoms with Crippen LogP contribution < -0.4 is 9.62 Å². The Morgan fingerprint density at radius 1 is 0.969 bits per heavy atom. The molecule has 168 valence electrons. The lowest BCUT2D eigenvalue weighted by molar-refractivity contribution is -0.133. The third-order valence-electron chi connectivity index (χ3n) is 5.25. The monoisotopic (exact) mass is 537 g/mol. The molecule has 10 heteroatoms. The summed E-state index contributed by atoms with van der Waals surface area (Å²) in [5, 5.41) is 0. The van der Waals surface area contributed by atoms with Gasteiger partial charge in [-0.05, 0) is 45.8 Å². The SMILES string of the molecule is O=C(C(NS(=O)(=O)c1ccc(Br)s1)c1ccccc1)N1CCN(c2ccccc2F)CC1. The predicted octanol–water partition coefficient (Wildman–Crippen LogP) is 4.02. The van der Waals surface area contributed by atoms with Gasteiger partial charge in [0.2, 0.25) is 5.91 Å². The van der Waals surface area contributed by atoms with E-state index in [4.69, 9.17) is 0 Å². The maximum Gasteiger partial charge on any atom is 0.251 e. The number of hydrogen-bond acceptors (Lipinski definition) is 5. The number of halogens is 2. The normalized spacial score (nSPS) is 15.6. The van der Waals surface area contributed by atoms with E-state index in [-0.39, 0.29) is 15.9 Å². The summed E-state index contributed by atoms with van der Waals surface area (Å²) in [4.78, 5) is 16.9. The lowest BCUT2D eigenvalue weighted by Crippen LogP contribution is -2.52. The number of thiophene rings is 1. The highest BCUT2D eigenvalue weighted by Gasteiger charge is 2.33. The first-order valence-electron chi connectivity index (χ1n) is 9.96. The molecule has 3 aromatic rings. The quantitative estimate of drug-likeness (QED) is 0.515. The number of hydrogen-bond donors (Lipinski definition) is 1. The first-order chi connectivity index (χ1) is 15.3. The molecular weight excluding hydrogens is 517 g/mol. The molecule has 1 atom stereocenters.